The Bertz CT molecular complexity index is 400. The van der Waals surface area contributed by atoms with Gasteiger partial charge in [-0.15, -0.1) is 6.58 Å². The van der Waals surface area contributed by atoms with Gasteiger partial charge in [-0.1, -0.05) is 47.1 Å². The smallest absolute Gasteiger partial charge is 0.0182 e. The second-order valence-electron chi connectivity index (χ2n) is 10.9. The molecule has 3 unspecified atom stereocenters. The molecule has 1 heterocycles. The van der Waals surface area contributed by atoms with Crippen LogP contribution in [0.25, 0.3) is 0 Å². The van der Waals surface area contributed by atoms with Crippen molar-refractivity contribution in [1.82, 2.24) is 4.90 Å². The minimum atomic E-state index is 0.225. The SMILES string of the molecule is C=CC(C)(C)CC(CC(C)(C)C)C(C)(C)N1CC2CCCC2C1. The normalized spacial score (nSPS) is 28.0. The molecule has 0 radical (unpaired) electrons. The number of hydrogen-bond donors (Lipinski definition) is 0. The average Bonchev–Trinajstić information content (AvgIpc) is 2.96. The van der Waals surface area contributed by atoms with Gasteiger partial charge in [0.1, 0.15) is 0 Å². The molecular weight excluding hydrogens is 278 g/mol. The fourth-order valence-electron chi connectivity index (χ4n) is 4.99. The van der Waals surface area contributed by atoms with E-state index in [-0.39, 0.29) is 11.0 Å². The molecule has 1 aliphatic heterocycles. The fourth-order valence-corrected chi connectivity index (χ4v) is 4.99. The van der Waals surface area contributed by atoms with E-state index in [0.717, 1.165) is 11.8 Å². The molecule has 0 bridgehead atoms. The van der Waals surface area contributed by atoms with Gasteiger partial charge in [-0.25, -0.2) is 0 Å². The highest BCUT2D eigenvalue weighted by Crippen LogP contribution is 2.46. The van der Waals surface area contributed by atoms with Crippen LogP contribution < -0.4 is 0 Å². The van der Waals surface area contributed by atoms with Crippen LogP contribution in [-0.2, 0) is 0 Å². The van der Waals surface area contributed by atoms with Gasteiger partial charge in [0.2, 0.25) is 0 Å². The first-order valence-corrected chi connectivity index (χ1v) is 9.83. The van der Waals surface area contributed by atoms with E-state index in [2.05, 4.69) is 66.0 Å². The number of fused-ring (bicyclic) bond motifs is 1. The largest absolute Gasteiger partial charge is 0.297 e. The zero-order chi connectivity index (χ0) is 17.5. The summed E-state index contributed by atoms with van der Waals surface area (Å²) >= 11 is 0. The standard InChI is InChI=1S/C22H41N/c1-9-21(5,6)14-19(13-20(2,3)4)22(7,8)23-15-17-11-10-12-18(17)16-23/h9,17-19H,1,10-16H2,2-8H3. The lowest BCUT2D eigenvalue weighted by molar-refractivity contribution is 0.0364. The van der Waals surface area contributed by atoms with Gasteiger partial charge in [-0.3, -0.25) is 4.90 Å². The van der Waals surface area contributed by atoms with Crippen molar-refractivity contribution in [2.75, 3.05) is 13.1 Å². The van der Waals surface area contributed by atoms with Crippen molar-refractivity contribution in [3.8, 4) is 0 Å². The molecule has 0 aromatic carbocycles. The van der Waals surface area contributed by atoms with Crippen LogP contribution in [0, 0.1) is 28.6 Å². The number of hydrogen-bond acceptors (Lipinski definition) is 1. The fraction of sp³-hybridized carbons (Fsp3) is 0.909. The Balaban J connectivity index is 2.16. The minimum Gasteiger partial charge on any atom is -0.297 e. The summed E-state index contributed by atoms with van der Waals surface area (Å²) in [6.45, 7) is 23.7. The van der Waals surface area contributed by atoms with Crippen LogP contribution in [-0.4, -0.2) is 23.5 Å². The predicted molar refractivity (Wildman–Crippen MR) is 103 cm³/mol. The number of rotatable bonds is 6. The molecule has 0 N–H and O–H groups in total. The second kappa shape index (κ2) is 6.54. The Morgan fingerprint density at radius 2 is 1.48 bits per heavy atom. The third-order valence-corrected chi connectivity index (χ3v) is 6.72. The van der Waals surface area contributed by atoms with Gasteiger partial charge in [0.25, 0.3) is 0 Å². The lowest BCUT2D eigenvalue weighted by atomic mass is 9.68. The number of likely N-dealkylation sites (tertiary alicyclic amines) is 1. The van der Waals surface area contributed by atoms with E-state index in [1.807, 2.05) is 0 Å². The van der Waals surface area contributed by atoms with Crippen molar-refractivity contribution in [3.63, 3.8) is 0 Å². The van der Waals surface area contributed by atoms with Crippen LogP contribution in [0.15, 0.2) is 12.7 Å². The zero-order valence-corrected chi connectivity index (χ0v) is 16.9. The van der Waals surface area contributed by atoms with Gasteiger partial charge >= 0.3 is 0 Å². The Labute approximate surface area is 145 Å². The summed E-state index contributed by atoms with van der Waals surface area (Å²) in [5.74, 6) is 2.68. The molecule has 134 valence electrons. The molecule has 3 atom stereocenters. The van der Waals surface area contributed by atoms with E-state index in [1.165, 1.54) is 45.2 Å². The molecular formula is C22H41N. The molecule has 1 saturated carbocycles. The van der Waals surface area contributed by atoms with Crippen molar-refractivity contribution in [1.29, 1.82) is 0 Å². The highest BCUT2D eigenvalue weighted by molar-refractivity contribution is 5.01. The predicted octanol–water partition coefficient (Wildman–Crippen LogP) is 6.15. The molecule has 1 nitrogen and oxygen atoms in total. The van der Waals surface area contributed by atoms with Crippen LogP contribution in [0.4, 0.5) is 0 Å². The topological polar surface area (TPSA) is 3.24 Å². The first-order chi connectivity index (χ1) is 10.4. The third-order valence-electron chi connectivity index (χ3n) is 6.72. The Kier molecular flexibility index (Phi) is 5.41. The molecule has 2 aliphatic rings. The average molecular weight is 320 g/mol. The van der Waals surface area contributed by atoms with Gasteiger partial charge in [-0.2, -0.15) is 0 Å². The number of allylic oxidation sites excluding steroid dienone is 1. The van der Waals surface area contributed by atoms with Gasteiger partial charge in [0.05, 0.1) is 0 Å². The summed E-state index contributed by atoms with van der Waals surface area (Å²) in [5, 5.41) is 0. The van der Waals surface area contributed by atoms with E-state index in [9.17, 15) is 0 Å². The Morgan fingerprint density at radius 1 is 0.957 bits per heavy atom. The first kappa shape index (κ1) is 19.0. The van der Waals surface area contributed by atoms with Crippen LogP contribution >= 0.6 is 0 Å². The lowest BCUT2D eigenvalue weighted by Gasteiger charge is -2.47. The first-order valence-electron chi connectivity index (χ1n) is 9.83. The van der Waals surface area contributed by atoms with Gasteiger partial charge in [0.15, 0.2) is 0 Å². The highest BCUT2D eigenvalue weighted by Gasteiger charge is 2.46. The van der Waals surface area contributed by atoms with E-state index in [0.29, 0.717) is 11.3 Å². The van der Waals surface area contributed by atoms with Crippen molar-refractivity contribution in [3.05, 3.63) is 12.7 Å². The summed E-state index contributed by atoms with van der Waals surface area (Å²) in [4.78, 5) is 2.84. The van der Waals surface area contributed by atoms with E-state index in [4.69, 9.17) is 0 Å². The summed E-state index contributed by atoms with van der Waals surface area (Å²) in [6.07, 6.45) is 9.12. The monoisotopic (exact) mass is 319 g/mol. The van der Waals surface area contributed by atoms with Crippen molar-refractivity contribution >= 4 is 0 Å². The number of nitrogens with zero attached hydrogens (tertiary/aromatic N) is 1. The third kappa shape index (κ3) is 4.62. The minimum absolute atomic E-state index is 0.225. The molecule has 2 fully saturated rings. The molecule has 0 spiro atoms. The van der Waals surface area contributed by atoms with Crippen molar-refractivity contribution < 1.29 is 0 Å². The Morgan fingerprint density at radius 3 is 1.91 bits per heavy atom. The van der Waals surface area contributed by atoms with Crippen LogP contribution in [0.1, 0.15) is 80.6 Å². The Hall–Kier alpha value is -0.300. The summed E-state index contributed by atoms with van der Waals surface area (Å²) in [6, 6.07) is 0. The summed E-state index contributed by atoms with van der Waals surface area (Å²) in [7, 11) is 0. The molecule has 0 aromatic heterocycles. The summed E-state index contributed by atoms with van der Waals surface area (Å²) < 4.78 is 0. The maximum absolute atomic E-state index is 4.09. The molecule has 0 amide bonds. The molecule has 23 heavy (non-hydrogen) atoms. The highest BCUT2D eigenvalue weighted by atomic mass is 15.2. The van der Waals surface area contributed by atoms with Crippen LogP contribution in [0.2, 0.25) is 0 Å². The van der Waals surface area contributed by atoms with Gasteiger partial charge in [-0.05, 0) is 68.1 Å². The second-order valence-corrected chi connectivity index (χ2v) is 10.9. The molecule has 1 saturated heterocycles. The van der Waals surface area contributed by atoms with Gasteiger partial charge in [0, 0.05) is 18.6 Å². The van der Waals surface area contributed by atoms with Crippen LogP contribution in [0.3, 0.4) is 0 Å². The molecule has 1 aliphatic carbocycles. The van der Waals surface area contributed by atoms with Crippen LogP contribution in [0.5, 0.6) is 0 Å². The molecule has 1 heteroatoms. The quantitative estimate of drug-likeness (QED) is 0.531. The van der Waals surface area contributed by atoms with E-state index >= 15 is 0 Å². The lowest BCUT2D eigenvalue weighted by Crippen LogP contribution is -2.50. The van der Waals surface area contributed by atoms with E-state index < -0.39 is 0 Å². The maximum atomic E-state index is 4.09. The molecule has 0 aromatic rings. The van der Waals surface area contributed by atoms with E-state index in [1.54, 1.807) is 0 Å². The summed E-state index contributed by atoms with van der Waals surface area (Å²) in [5.41, 5.74) is 0.898. The van der Waals surface area contributed by atoms with Crippen molar-refractivity contribution in [2.24, 2.45) is 28.6 Å². The zero-order valence-electron chi connectivity index (χ0n) is 16.9. The maximum Gasteiger partial charge on any atom is 0.0182 e. The molecule has 2 rings (SSSR count). The van der Waals surface area contributed by atoms with Gasteiger partial charge < -0.3 is 0 Å². The van der Waals surface area contributed by atoms with Crippen molar-refractivity contribution in [2.45, 2.75) is 86.1 Å².